The van der Waals surface area contributed by atoms with Gasteiger partial charge in [-0.05, 0) is 62.4 Å². The molecule has 5 heteroatoms. The van der Waals surface area contributed by atoms with E-state index in [1.165, 1.54) is 12.8 Å². The van der Waals surface area contributed by atoms with E-state index in [4.69, 9.17) is 0 Å². The summed E-state index contributed by atoms with van der Waals surface area (Å²) in [7, 11) is 0. The van der Waals surface area contributed by atoms with Gasteiger partial charge in [0, 0.05) is 19.1 Å². The number of hydrogen-bond acceptors (Lipinski definition) is 2. The van der Waals surface area contributed by atoms with Crippen LogP contribution in [-0.4, -0.2) is 30.6 Å². The third-order valence-electron chi connectivity index (χ3n) is 4.38. The van der Waals surface area contributed by atoms with Crippen molar-refractivity contribution in [1.82, 2.24) is 10.2 Å². The van der Waals surface area contributed by atoms with Crippen LogP contribution in [0.3, 0.4) is 0 Å². The molecule has 1 unspecified atom stereocenters. The average molecular weight is 298 g/mol. The molecule has 0 aromatic heterocycles. The van der Waals surface area contributed by atoms with E-state index in [0.717, 1.165) is 44.6 Å². The van der Waals surface area contributed by atoms with Crippen LogP contribution in [0.2, 0.25) is 0 Å². The summed E-state index contributed by atoms with van der Waals surface area (Å²) in [5.74, 6) is -2.98. The van der Waals surface area contributed by atoms with Crippen molar-refractivity contribution in [3.05, 3.63) is 35.1 Å². The third kappa shape index (κ3) is 3.77. The van der Waals surface area contributed by atoms with Gasteiger partial charge in [0.15, 0.2) is 17.5 Å². The summed E-state index contributed by atoms with van der Waals surface area (Å²) in [5, 5.41) is 3.39. The molecule has 2 nitrogen and oxygen atoms in total. The third-order valence-corrected chi connectivity index (χ3v) is 4.38. The van der Waals surface area contributed by atoms with E-state index in [0.29, 0.717) is 24.1 Å². The molecule has 0 radical (unpaired) electrons. The van der Waals surface area contributed by atoms with Crippen LogP contribution < -0.4 is 5.32 Å². The van der Waals surface area contributed by atoms with E-state index in [2.05, 4.69) is 10.2 Å². The maximum absolute atomic E-state index is 13.3. The Kier molecular flexibility index (Phi) is 4.50. The monoisotopic (exact) mass is 298 g/mol. The zero-order chi connectivity index (χ0) is 14.8. The molecule has 1 N–H and O–H groups in total. The first-order valence-corrected chi connectivity index (χ1v) is 7.71. The van der Waals surface area contributed by atoms with Crippen LogP contribution in [0, 0.1) is 23.4 Å². The van der Waals surface area contributed by atoms with Crippen molar-refractivity contribution in [2.24, 2.45) is 5.92 Å². The fourth-order valence-corrected chi connectivity index (χ4v) is 3.13. The summed E-state index contributed by atoms with van der Waals surface area (Å²) in [5.41, 5.74) is 0.516. The molecule has 1 atom stereocenters. The smallest absolute Gasteiger partial charge is 0.194 e. The van der Waals surface area contributed by atoms with Gasteiger partial charge in [-0.3, -0.25) is 4.90 Å². The topological polar surface area (TPSA) is 15.3 Å². The molecule has 0 spiro atoms. The number of rotatable bonds is 5. The van der Waals surface area contributed by atoms with E-state index in [1.54, 1.807) is 0 Å². The largest absolute Gasteiger partial charge is 0.316 e. The molecule has 1 aliphatic carbocycles. The highest BCUT2D eigenvalue weighted by atomic mass is 19.2. The van der Waals surface area contributed by atoms with E-state index in [-0.39, 0.29) is 0 Å². The van der Waals surface area contributed by atoms with Crippen molar-refractivity contribution in [3.8, 4) is 0 Å². The molecule has 1 heterocycles. The van der Waals surface area contributed by atoms with Gasteiger partial charge < -0.3 is 5.32 Å². The Hall–Kier alpha value is -1.07. The Balaban J connectivity index is 1.67. The molecule has 0 amide bonds. The molecular weight excluding hydrogens is 277 g/mol. The molecule has 1 aromatic carbocycles. The Morgan fingerprint density at radius 2 is 1.81 bits per heavy atom. The lowest BCUT2D eigenvalue weighted by Crippen LogP contribution is -2.39. The highest BCUT2D eigenvalue weighted by Crippen LogP contribution is 2.30. The predicted molar refractivity (Wildman–Crippen MR) is 75.3 cm³/mol. The fraction of sp³-hybridized carbons (Fsp3) is 0.625. The van der Waals surface area contributed by atoms with E-state index in [9.17, 15) is 13.2 Å². The molecule has 2 fully saturated rings. The molecule has 2 aliphatic rings. The van der Waals surface area contributed by atoms with Crippen LogP contribution in [0.1, 0.15) is 31.2 Å². The van der Waals surface area contributed by atoms with E-state index < -0.39 is 17.5 Å². The maximum Gasteiger partial charge on any atom is 0.194 e. The van der Waals surface area contributed by atoms with Crippen molar-refractivity contribution < 1.29 is 13.2 Å². The molecule has 1 saturated heterocycles. The second-order valence-electron chi connectivity index (χ2n) is 6.25. The number of nitrogens with zero attached hydrogens (tertiary/aromatic N) is 1. The van der Waals surface area contributed by atoms with Crippen LogP contribution in [-0.2, 0) is 6.54 Å². The van der Waals surface area contributed by atoms with Crippen molar-refractivity contribution in [3.63, 3.8) is 0 Å². The van der Waals surface area contributed by atoms with Crippen molar-refractivity contribution in [2.45, 2.75) is 38.3 Å². The van der Waals surface area contributed by atoms with Gasteiger partial charge in [-0.15, -0.1) is 0 Å². The van der Waals surface area contributed by atoms with Crippen molar-refractivity contribution in [1.29, 1.82) is 0 Å². The van der Waals surface area contributed by atoms with Crippen LogP contribution in [0.25, 0.3) is 0 Å². The zero-order valence-electron chi connectivity index (χ0n) is 12.0. The highest BCUT2D eigenvalue weighted by molar-refractivity contribution is 5.19. The standard InChI is InChI=1S/C16H21F3N2/c17-14-6-12(7-15(18)16(14)19)10-21(13-3-4-13)9-11-2-1-5-20-8-11/h6-7,11,13,20H,1-5,8-10H2. The highest BCUT2D eigenvalue weighted by Gasteiger charge is 2.31. The minimum atomic E-state index is -1.38. The average Bonchev–Trinajstić information content (AvgIpc) is 3.30. The summed E-state index contributed by atoms with van der Waals surface area (Å²) < 4.78 is 39.7. The number of piperidine rings is 1. The lowest BCUT2D eigenvalue weighted by molar-refractivity contribution is 0.192. The SMILES string of the molecule is Fc1cc(CN(CC2CCCNC2)C2CC2)cc(F)c1F. The Morgan fingerprint density at radius 3 is 2.38 bits per heavy atom. The van der Waals surface area contributed by atoms with Crippen LogP contribution >= 0.6 is 0 Å². The maximum atomic E-state index is 13.3. The molecule has 21 heavy (non-hydrogen) atoms. The van der Waals surface area contributed by atoms with Crippen molar-refractivity contribution >= 4 is 0 Å². The van der Waals surface area contributed by atoms with Gasteiger partial charge in [-0.2, -0.15) is 0 Å². The lowest BCUT2D eigenvalue weighted by Gasteiger charge is -2.30. The molecule has 1 aliphatic heterocycles. The number of halogens is 3. The number of hydrogen-bond donors (Lipinski definition) is 1. The zero-order valence-corrected chi connectivity index (χ0v) is 12.0. The van der Waals surface area contributed by atoms with Crippen LogP contribution in [0.15, 0.2) is 12.1 Å². The predicted octanol–water partition coefficient (Wildman–Crippen LogP) is 3.07. The van der Waals surface area contributed by atoms with Gasteiger partial charge >= 0.3 is 0 Å². The summed E-state index contributed by atoms with van der Waals surface area (Å²) in [6, 6.07) is 2.75. The summed E-state index contributed by atoms with van der Waals surface area (Å²) in [4.78, 5) is 2.30. The Morgan fingerprint density at radius 1 is 1.10 bits per heavy atom. The van der Waals surface area contributed by atoms with Gasteiger partial charge in [0.1, 0.15) is 0 Å². The molecule has 1 saturated carbocycles. The first-order chi connectivity index (χ1) is 10.1. The quantitative estimate of drug-likeness (QED) is 0.841. The van der Waals surface area contributed by atoms with Crippen molar-refractivity contribution in [2.75, 3.05) is 19.6 Å². The van der Waals surface area contributed by atoms with E-state index in [1.807, 2.05) is 0 Å². The van der Waals surface area contributed by atoms with Crippen LogP contribution in [0.5, 0.6) is 0 Å². The molecule has 3 rings (SSSR count). The van der Waals surface area contributed by atoms with Gasteiger partial charge in [0.2, 0.25) is 0 Å². The van der Waals surface area contributed by atoms with Crippen LogP contribution in [0.4, 0.5) is 13.2 Å². The molecular formula is C16H21F3N2. The number of benzene rings is 1. The summed E-state index contributed by atoms with van der Waals surface area (Å²) in [6.45, 7) is 3.53. The summed E-state index contributed by atoms with van der Waals surface area (Å²) >= 11 is 0. The van der Waals surface area contributed by atoms with Gasteiger partial charge in [-0.1, -0.05) is 0 Å². The second-order valence-corrected chi connectivity index (χ2v) is 6.25. The number of nitrogens with one attached hydrogen (secondary N) is 1. The Labute approximate surface area is 123 Å². The summed E-state index contributed by atoms with van der Waals surface area (Å²) in [6.07, 6.45) is 4.67. The molecule has 1 aromatic rings. The van der Waals surface area contributed by atoms with Gasteiger partial charge in [0.25, 0.3) is 0 Å². The van der Waals surface area contributed by atoms with Gasteiger partial charge in [-0.25, -0.2) is 13.2 Å². The first kappa shape index (κ1) is 14.9. The minimum absolute atomic E-state index is 0.495. The lowest BCUT2D eigenvalue weighted by atomic mass is 9.98. The van der Waals surface area contributed by atoms with Gasteiger partial charge in [0.05, 0.1) is 0 Å². The first-order valence-electron chi connectivity index (χ1n) is 7.71. The fourth-order valence-electron chi connectivity index (χ4n) is 3.13. The van der Waals surface area contributed by atoms with E-state index >= 15 is 0 Å². The molecule has 116 valence electrons. The minimum Gasteiger partial charge on any atom is -0.316 e. The normalized spacial score (nSPS) is 22.8. The molecule has 0 bridgehead atoms. The second kappa shape index (κ2) is 6.36. The Bertz CT molecular complexity index is 473.